The first-order valence-electron chi connectivity index (χ1n) is 9.67. The van der Waals surface area contributed by atoms with Gasteiger partial charge in [-0.1, -0.05) is 121 Å². The van der Waals surface area contributed by atoms with Gasteiger partial charge >= 0.3 is 0 Å². The first-order chi connectivity index (χ1) is 13.9. The summed E-state index contributed by atoms with van der Waals surface area (Å²) in [4.78, 5) is 0. The van der Waals surface area contributed by atoms with Crippen molar-refractivity contribution in [3.63, 3.8) is 0 Å². The summed E-state index contributed by atoms with van der Waals surface area (Å²) in [5.74, 6) is 0. The van der Waals surface area contributed by atoms with Crippen LogP contribution in [-0.4, -0.2) is 12.3 Å². The first kappa shape index (κ1) is 22.1. The molecule has 0 fully saturated rings. The Balaban J connectivity index is 0.00000240. The van der Waals surface area contributed by atoms with Crippen LogP contribution in [0, 0.1) is 0 Å². The molecule has 0 radical (unpaired) electrons. The maximum absolute atomic E-state index is 2.30. The molecule has 144 valence electrons. The van der Waals surface area contributed by atoms with Crippen LogP contribution in [0.15, 0.2) is 121 Å². The zero-order valence-corrected chi connectivity index (χ0v) is 21.0. The summed E-state index contributed by atoms with van der Waals surface area (Å²) in [5, 5.41) is 5.89. The summed E-state index contributed by atoms with van der Waals surface area (Å²) in [6, 6.07) is 44.2. The molecule has 0 saturated carbocycles. The summed E-state index contributed by atoms with van der Waals surface area (Å²) in [5.41, 5.74) is 0. The molecule has 0 N–H and O–H groups in total. The molecule has 0 bridgehead atoms. The largest absolute Gasteiger partial charge is 0.0622 e. The van der Waals surface area contributed by atoms with Gasteiger partial charge in [0.25, 0.3) is 0 Å². The van der Waals surface area contributed by atoms with E-state index in [0.717, 1.165) is 0 Å². The van der Waals surface area contributed by atoms with Crippen molar-refractivity contribution in [1.29, 1.82) is 0 Å². The van der Waals surface area contributed by atoms with Crippen molar-refractivity contribution < 1.29 is 21.1 Å². The van der Waals surface area contributed by atoms with Gasteiger partial charge in [-0.25, -0.2) is 0 Å². The van der Waals surface area contributed by atoms with E-state index in [1.807, 2.05) is 0 Å². The van der Waals surface area contributed by atoms with Gasteiger partial charge in [0.2, 0.25) is 0 Å². The van der Waals surface area contributed by atoms with E-state index in [9.17, 15) is 0 Å². The Hall–Kier alpha value is -1.57. The van der Waals surface area contributed by atoms with Gasteiger partial charge < -0.3 is 0 Å². The topological polar surface area (TPSA) is 0 Å². The molecule has 29 heavy (non-hydrogen) atoms. The number of rotatable bonds is 7. The van der Waals surface area contributed by atoms with Crippen LogP contribution in [0.3, 0.4) is 0 Å². The van der Waals surface area contributed by atoms with E-state index >= 15 is 0 Å². The Bertz CT molecular complexity index is 798. The number of hydrogen-bond acceptors (Lipinski definition) is 0. The van der Waals surface area contributed by atoms with Gasteiger partial charge in [0.15, 0.2) is 0 Å². The van der Waals surface area contributed by atoms with Crippen molar-refractivity contribution in [3.8, 4) is 0 Å². The van der Waals surface area contributed by atoms with Gasteiger partial charge in [0.05, 0.1) is 0 Å². The fraction of sp³-hybridized carbons (Fsp3) is 0.0769. The number of benzene rings is 4. The van der Waals surface area contributed by atoms with Gasteiger partial charge in [0.1, 0.15) is 0 Å². The van der Waals surface area contributed by atoms with Crippen molar-refractivity contribution in [1.82, 2.24) is 0 Å². The fourth-order valence-electron chi connectivity index (χ4n) is 3.45. The molecule has 0 aliphatic carbocycles. The zero-order valence-electron chi connectivity index (χ0n) is 16.3. The van der Waals surface area contributed by atoms with Crippen molar-refractivity contribution in [2.24, 2.45) is 0 Å². The summed E-state index contributed by atoms with van der Waals surface area (Å²) in [6.45, 7) is 0. The molecule has 0 saturated heterocycles. The molecule has 3 heteroatoms. The molecule has 4 aromatic rings. The third-order valence-electron chi connectivity index (χ3n) is 4.82. The van der Waals surface area contributed by atoms with Gasteiger partial charge in [-0.3, -0.25) is 0 Å². The molecule has 0 unspecified atom stereocenters. The number of hydrogen-bond donors (Lipinski definition) is 0. The monoisotopic (exact) mass is 582 g/mol. The molecule has 0 aliphatic rings. The molecule has 0 spiro atoms. The maximum Gasteiger partial charge on any atom is 0 e. The molecule has 0 amide bonds. The van der Waals surface area contributed by atoms with Crippen LogP contribution in [0.5, 0.6) is 0 Å². The second-order valence-electron chi connectivity index (χ2n) is 6.65. The molecule has 0 aromatic heterocycles. The van der Waals surface area contributed by atoms with E-state index in [1.165, 1.54) is 33.5 Å². The van der Waals surface area contributed by atoms with E-state index in [0.29, 0.717) is 0 Å². The first-order valence-corrected chi connectivity index (χ1v) is 12.7. The minimum atomic E-state index is -0.348. The standard InChI is InChI=1S/C26H24P2.W/c1-5-13-23(14-6-1)27(24-15-7-2-8-16-24)21-22-28(25-17-9-3-10-18-25)26-19-11-4-12-20-26;/h1-20H,21-22H2;. The zero-order chi connectivity index (χ0) is 19.0. The summed E-state index contributed by atoms with van der Waals surface area (Å²) >= 11 is 0. The molecule has 0 heterocycles. The van der Waals surface area contributed by atoms with Crippen LogP contribution in [0.2, 0.25) is 0 Å². The molecule has 0 atom stereocenters. The summed E-state index contributed by atoms with van der Waals surface area (Å²) in [7, 11) is -0.696. The fourth-order valence-corrected chi connectivity index (χ4v) is 8.80. The average Bonchev–Trinajstić information content (AvgIpc) is 2.79. The summed E-state index contributed by atoms with van der Waals surface area (Å²) < 4.78 is 0. The van der Waals surface area contributed by atoms with Gasteiger partial charge in [-0.2, -0.15) is 0 Å². The predicted molar refractivity (Wildman–Crippen MR) is 128 cm³/mol. The minimum Gasteiger partial charge on any atom is -0.0622 e. The quantitative estimate of drug-likeness (QED) is 0.262. The van der Waals surface area contributed by atoms with Crippen molar-refractivity contribution in [3.05, 3.63) is 121 Å². The Kier molecular flexibility index (Phi) is 8.83. The predicted octanol–water partition coefficient (Wildman–Crippen LogP) is 5.25. The minimum absolute atomic E-state index is 0. The van der Waals surface area contributed by atoms with Crippen molar-refractivity contribution in [2.45, 2.75) is 0 Å². The van der Waals surface area contributed by atoms with Gasteiger partial charge in [-0.15, -0.1) is 0 Å². The third kappa shape index (κ3) is 5.96. The second kappa shape index (κ2) is 11.6. The Morgan fingerprint density at radius 3 is 0.759 bits per heavy atom. The van der Waals surface area contributed by atoms with Crippen LogP contribution in [0.1, 0.15) is 0 Å². The van der Waals surface area contributed by atoms with Gasteiger partial charge in [0, 0.05) is 21.1 Å². The molecule has 0 aliphatic heterocycles. The van der Waals surface area contributed by atoms with Crippen molar-refractivity contribution in [2.75, 3.05) is 12.3 Å². The third-order valence-corrected chi connectivity index (χ3v) is 10.2. The second-order valence-corrected chi connectivity index (χ2v) is 11.3. The van der Waals surface area contributed by atoms with Crippen LogP contribution in [0.25, 0.3) is 0 Å². The Morgan fingerprint density at radius 1 is 0.345 bits per heavy atom. The van der Waals surface area contributed by atoms with E-state index < -0.39 is 0 Å². The molecular weight excluding hydrogens is 558 g/mol. The van der Waals surface area contributed by atoms with Crippen LogP contribution in [-0.2, 0) is 21.1 Å². The maximum atomic E-state index is 2.30. The SMILES string of the molecule is [W].c1ccc(P(CCP(c2ccccc2)c2ccccc2)c2ccccc2)cc1. The Morgan fingerprint density at radius 2 is 0.552 bits per heavy atom. The van der Waals surface area contributed by atoms with E-state index in [2.05, 4.69) is 121 Å². The smallest absolute Gasteiger partial charge is 0 e. The van der Waals surface area contributed by atoms with E-state index in [-0.39, 0.29) is 36.9 Å². The van der Waals surface area contributed by atoms with E-state index in [1.54, 1.807) is 0 Å². The normalized spacial score (nSPS) is 10.7. The average molecular weight is 582 g/mol. The Labute approximate surface area is 191 Å². The van der Waals surface area contributed by atoms with Crippen LogP contribution in [0.4, 0.5) is 0 Å². The van der Waals surface area contributed by atoms with Crippen molar-refractivity contribution >= 4 is 37.1 Å². The van der Waals surface area contributed by atoms with Crippen LogP contribution < -0.4 is 21.2 Å². The molecule has 4 rings (SSSR count). The van der Waals surface area contributed by atoms with Gasteiger partial charge in [-0.05, 0) is 49.4 Å². The molecule has 0 nitrogen and oxygen atoms in total. The molecular formula is C26H24P2W. The summed E-state index contributed by atoms with van der Waals surface area (Å²) in [6.07, 6.45) is 2.41. The van der Waals surface area contributed by atoms with Crippen LogP contribution >= 0.6 is 15.8 Å². The van der Waals surface area contributed by atoms with E-state index in [4.69, 9.17) is 0 Å². The molecule has 4 aromatic carbocycles.